The number of sulfonamides is 1. The normalized spacial score (nSPS) is 17.8. The van der Waals surface area contributed by atoms with E-state index in [-0.39, 0.29) is 16.5 Å². The van der Waals surface area contributed by atoms with E-state index in [1.54, 1.807) is 45.2 Å². The Morgan fingerprint density at radius 3 is 2.68 bits per heavy atom. The topological polar surface area (TPSA) is 61.2 Å². The average molecular weight is 387 g/mol. The summed E-state index contributed by atoms with van der Waals surface area (Å²) in [5, 5.41) is 13.3. The first kappa shape index (κ1) is 16.5. The molecule has 0 aliphatic carbocycles. The first-order valence-corrected chi connectivity index (χ1v) is 10.9. The Labute approximate surface area is 154 Å². The third-order valence-electron chi connectivity index (χ3n) is 4.33. The summed E-state index contributed by atoms with van der Waals surface area (Å²) in [5.74, 6) is 0. The van der Waals surface area contributed by atoms with Crippen molar-refractivity contribution in [3.63, 3.8) is 0 Å². The molecule has 4 rings (SSSR count). The van der Waals surface area contributed by atoms with Gasteiger partial charge in [0.1, 0.15) is 6.07 Å². The molecule has 1 aromatic carbocycles. The first-order valence-electron chi connectivity index (χ1n) is 7.73. The summed E-state index contributed by atoms with van der Waals surface area (Å²) in [7, 11) is -3.78. The molecule has 0 saturated carbocycles. The SMILES string of the molecule is N#Cc1ccccc1S(=O)(=O)N1CCc2sccc2[C@@H]1c1cccs1. The van der Waals surface area contributed by atoms with E-state index in [4.69, 9.17) is 0 Å². The predicted octanol–water partition coefficient (Wildman–Crippen LogP) is 4.02. The van der Waals surface area contributed by atoms with Crippen LogP contribution in [0.2, 0.25) is 0 Å². The second-order valence-corrected chi connectivity index (χ2v) is 9.53. The highest BCUT2D eigenvalue weighted by Crippen LogP contribution is 2.42. The van der Waals surface area contributed by atoms with Crippen LogP contribution in [0.25, 0.3) is 0 Å². The van der Waals surface area contributed by atoms with E-state index >= 15 is 0 Å². The molecule has 3 heterocycles. The van der Waals surface area contributed by atoms with Crippen LogP contribution in [0.15, 0.2) is 58.1 Å². The van der Waals surface area contributed by atoms with Crippen LogP contribution in [-0.4, -0.2) is 19.3 Å². The Morgan fingerprint density at radius 1 is 1.08 bits per heavy atom. The zero-order chi connectivity index (χ0) is 17.4. The number of thiophene rings is 2. The molecule has 0 N–H and O–H groups in total. The molecule has 2 aromatic heterocycles. The fourth-order valence-electron chi connectivity index (χ4n) is 3.20. The fourth-order valence-corrected chi connectivity index (χ4v) is 6.76. The smallest absolute Gasteiger partial charge is 0.207 e. The van der Waals surface area contributed by atoms with E-state index < -0.39 is 10.0 Å². The lowest BCUT2D eigenvalue weighted by Crippen LogP contribution is -2.40. The summed E-state index contributed by atoms with van der Waals surface area (Å²) in [4.78, 5) is 2.31. The number of nitrogens with zero attached hydrogens (tertiary/aromatic N) is 2. The van der Waals surface area contributed by atoms with E-state index in [2.05, 4.69) is 0 Å². The molecule has 1 atom stereocenters. The number of hydrogen-bond acceptors (Lipinski definition) is 5. The van der Waals surface area contributed by atoms with Gasteiger partial charge in [0.05, 0.1) is 16.5 Å². The third kappa shape index (κ3) is 2.71. The fraction of sp³-hybridized carbons (Fsp3) is 0.167. The number of nitriles is 1. The Morgan fingerprint density at radius 2 is 1.92 bits per heavy atom. The zero-order valence-electron chi connectivity index (χ0n) is 13.1. The van der Waals surface area contributed by atoms with Gasteiger partial charge in [0, 0.05) is 16.3 Å². The van der Waals surface area contributed by atoms with Crippen molar-refractivity contribution in [3.05, 3.63) is 74.1 Å². The van der Waals surface area contributed by atoms with Gasteiger partial charge in [-0.2, -0.15) is 9.57 Å². The molecular weight excluding hydrogens is 372 g/mol. The van der Waals surface area contributed by atoms with Crippen LogP contribution >= 0.6 is 22.7 Å². The molecule has 1 aliphatic rings. The average Bonchev–Trinajstić information content (AvgIpc) is 3.32. The maximum absolute atomic E-state index is 13.4. The third-order valence-corrected chi connectivity index (χ3v) is 8.17. The molecule has 0 amide bonds. The highest BCUT2D eigenvalue weighted by atomic mass is 32.2. The Bertz CT molecular complexity index is 1050. The summed E-state index contributed by atoms with van der Waals surface area (Å²) in [6.07, 6.45) is 0.697. The number of fused-ring (bicyclic) bond motifs is 1. The summed E-state index contributed by atoms with van der Waals surface area (Å²) in [6, 6.07) is 14.0. The van der Waals surface area contributed by atoms with E-state index in [0.717, 1.165) is 10.4 Å². The quantitative estimate of drug-likeness (QED) is 0.683. The molecule has 1 aliphatic heterocycles. The van der Waals surface area contributed by atoms with Gasteiger partial charge in [-0.15, -0.1) is 22.7 Å². The van der Waals surface area contributed by atoms with Gasteiger partial charge in [0.25, 0.3) is 0 Å². The first-order chi connectivity index (χ1) is 12.1. The van der Waals surface area contributed by atoms with Crippen LogP contribution in [-0.2, 0) is 16.4 Å². The molecule has 0 fully saturated rings. The molecule has 126 valence electrons. The molecule has 25 heavy (non-hydrogen) atoms. The van der Waals surface area contributed by atoms with Gasteiger partial charge in [0.15, 0.2) is 0 Å². The molecule has 0 saturated heterocycles. The van der Waals surface area contributed by atoms with Gasteiger partial charge in [0.2, 0.25) is 10.0 Å². The number of rotatable bonds is 3. The molecule has 0 radical (unpaired) electrons. The van der Waals surface area contributed by atoms with E-state index in [9.17, 15) is 13.7 Å². The number of benzene rings is 1. The lowest BCUT2D eigenvalue weighted by molar-refractivity contribution is 0.350. The summed E-state index contributed by atoms with van der Waals surface area (Å²) < 4.78 is 28.3. The minimum atomic E-state index is -3.78. The summed E-state index contributed by atoms with van der Waals surface area (Å²) in [5.41, 5.74) is 1.24. The van der Waals surface area contributed by atoms with Crippen molar-refractivity contribution >= 4 is 32.7 Å². The summed E-state index contributed by atoms with van der Waals surface area (Å²) >= 11 is 3.23. The Kier molecular flexibility index (Phi) is 4.21. The molecule has 4 nitrogen and oxygen atoms in total. The number of hydrogen-bond donors (Lipinski definition) is 0. The highest BCUT2D eigenvalue weighted by molar-refractivity contribution is 7.89. The molecule has 0 unspecified atom stereocenters. The van der Waals surface area contributed by atoms with Crippen molar-refractivity contribution < 1.29 is 8.42 Å². The minimum Gasteiger partial charge on any atom is -0.207 e. The van der Waals surface area contributed by atoms with Crippen molar-refractivity contribution in [2.45, 2.75) is 17.4 Å². The van der Waals surface area contributed by atoms with Gasteiger partial charge < -0.3 is 0 Å². The molecular formula is C18H14N2O2S3. The predicted molar refractivity (Wildman–Crippen MR) is 99.2 cm³/mol. The maximum Gasteiger partial charge on any atom is 0.245 e. The lowest BCUT2D eigenvalue weighted by atomic mass is 10.0. The lowest BCUT2D eigenvalue weighted by Gasteiger charge is -2.34. The second-order valence-electron chi connectivity index (χ2n) is 5.69. The second kappa shape index (κ2) is 6.39. The molecule has 7 heteroatoms. The van der Waals surface area contributed by atoms with Gasteiger partial charge in [-0.05, 0) is 47.0 Å². The van der Waals surface area contributed by atoms with Crippen molar-refractivity contribution in [3.8, 4) is 6.07 Å². The molecule has 0 bridgehead atoms. The van der Waals surface area contributed by atoms with Crippen molar-refractivity contribution in [1.29, 1.82) is 5.26 Å². The monoisotopic (exact) mass is 386 g/mol. The van der Waals surface area contributed by atoms with Gasteiger partial charge >= 0.3 is 0 Å². The Hall–Kier alpha value is -1.98. The van der Waals surface area contributed by atoms with Crippen LogP contribution in [0.3, 0.4) is 0 Å². The van der Waals surface area contributed by atoms with E-state index in [1.807, 2.05) is 35.0 Å². The standard InChI is InChI=1S/C18H14N2O2S3/c19-12-13-4-1-2-6-17(13)25(21,22)20-9-7-15-14(8-11-24-15)18(20)16-5-3-10-23-16/h1-6,8,10-11,18H,7,9H2/t18-/m1/s1. The molecule has 3 aromatic rings. The van der Waals surface area contributed by atoms with Crippen LogP contribution in [0.1, 0.15) is 26.9 Å². The molecule has 0 spiro atoms. The van der Waals surface area contributed by atoms with Gasteiger partial charge in [-0.25, -0.2) is 8.42 Å². The van der Waals surface area contributed by atoms with Crippen molar-refractivity contribution in [1.82, 2.24) is 4.31 Å². The zero-order valence-corrected chi connectivity index (χ0v) is 15.6. The van der Waals surface area contributed by atoms with E-state index in [0.29, 0.717) is 13.0 Å². The highest BCUT2D eigenvalue weighted by Gasteiger charge is 2.39. The van der Waals surface area contributed by atoms with Crippen LogP contribution in [0.4, 0.5) is 0 Å². The largest absolute Gasteiger partial charge is 0.245 e. The van der Waals surface area contributed by atoms with Crippen LogP contribution < -0.4 is 0 Å². The van der Waals surface area contributed by atoms with E-state index in [1.165, 1.54) is 10.9 Å². The van der Waals surface area contributed by atoms with Crippen LogP contribution in [0.5, 0.6) is 0 Å². The van der Waals surface area contributed by atoms with Crippen molar-refractivity contribution in [2.75, 3.05) is 6.54 Å². The van der Waals surface area contributed by atoms with Gasteiger partial charge in [-0.1, -0.05) is 18.2 Å². The summed E-state index contributed by atoms with van der Waals surface area (Å²) in [6.45, 7) is 0.415. The van der Waals surface area contributed by atoms with Gasteiger partial charge in [-0.3, -0.25) is 0 Å². The van der Waals surface area contributed by atoms with Crippen molar-refractivity contribution in [2.24, 2.45) is 0 Å². The Balaban J connectivity index is 1.88. The minimum absolute atomic E-state index is 0.0812. The van der Waals surface area contributed by atoms with Crippen LogP contribution in [0, 0.1) is 11.3 Å². The maximum atomic E-state index is 13.4.